The highest BCUT2D eigenvalue weighted by Gasteiger charge is 2.19. The zero-order valence-electron chi connectivity index (χ0n) is 14.8. The van der Waals surface area contributed by atoms with Gasteiger partial charge in [-0.05, 0) is 36.4 Å². The fourth-order valence-corrected chi connectivity index (χ4v) is 3.08. The van der Waals surface area contributed by atoms with Gasteiger partial charge in [-0.15, -0.1) is 0 Å². The molecule has 0 fully saturated rings. The second kappa shape index (κ2) is 6.97. The topological polar surface area (TPSA) is 117 Å². The number of hydrogen-bond acceptors (Lipinski definition) is 7. The summed E-state index contributed by atoms with van der Waals surface area (Å²) in [6, 6.07) is 10.6. The standard InChI is InChI=1S/C18H14BrN5O4/c1-24(2)10-4-6-14-12(8-10)15(22-27-14)17(25)20-13-5-3-9(19)7-11(13)16-21-18(26)28-23-16/h3-8H,1-2H3,(H,20,25)(H,21,23,26). The number of rotatable bonds is 4. The predicted octanol–water partition coefficient (Wildman–Crippen LogP) is 3.25. The molecule has 0 aliphatic carbocycles. The number of carbonyl (C=O) groups excluding carboxylic acids is 1. The van der Waals surface area contributed by atoms with Crippen LogP contribution in [0.25, 0.3) is 22.4 Å². The Balaban J connectivity index is 1.72. The van der Waals surface area contributed by atoms with Gasteiger partial charge >= 0.3 is 5.76 Å². The molecule has 0 atom stereocenters. The van der Waals surface area contributed by atoms with Gasteiger partial charge in [0, 0.05) is 29.8 Å². The molecule has 0 saturated carbocycles. The molecule has 2 N–H and O–H groups in total. The summed E-state index contributed by atoms with van der Waals surface area (Å²) < 4.78 is 10.6. The Bertz CT molecular complexity index is 1240. The third kappa shape index (κ3) is 3.29. The highest BCUT2D eigenvalue weighted by molar-refractivity contribution is 9.10. The quantitative estimate of drug-likeness (QED) is 0.496. The van der Waals surface area contributed by atoms with Gasteiger partial charge in [-0.2, -0.15) is 0 Å². The molecule has 28 heavy (non-hydrogen) atoms. The van der Waals surface area contributed by atoms with E-state index in [2.05, 4.69) is 41.1 Å². The lowest BCUT2D eigenvalue weighted by molar-refractivity contribution is 0.102. The molecule has 9 nitrogen and oxygen atoms in total. The molecule has 0 saturated heterocycles. The van der Waals surface area contributed by atoms with Gasteiger partial charge in [0.25, 0.3) is 5.91 Å². The Labute approximate surface area is 166 Å². The van der Waals surface area contributed by atoms with Crippen molar-refractivity contribution < 1.29 is 13.8 Å². The number of amides is 1. The summed E-state index contributed by atoms with van der Waals surface area (Å²) in [6.07, 6.45) is 0. The first-order valence-corrected chi connectivity index (χ1v) is 8.95. The minimum atomic E-state index is -0.689. The van der Waals surface area contributed by atoms with Gasteiger partial charge < -0.3 is 14.7 Å². The van der Waals surface area contributed by atoms with Crippen LogP contribution in [0.3, 0.4) is 0 Å². The molecule has 142 valence electrons. The van der Waals surface area contributed by atoms with Crippen LogP contribution in [0.5, 0.6) is 0 Å². The van der Waals surface area contributed by atoms with E-state index in [1.165, 1.54) is 0 Å². The van der Waals surface area contributed by atoms with Crippen LogP contribution in [0.1, 0.15) is 10.5 Å². The maximum atomic E-state index is 12.9. The van der Waals surface area contributed by atoms with E-state index in [1.54, 1.807) is 24.3 Å². The number of hydrogen-bond donors (Lipinski definition) is 2. The predicted molar refractivity (Wildman–Crippen MR) is 107 cm³/mol. The van der Waals surface area contributed by atoms with E-state index in [4.69, 9.17) is 4.52 Å². The highest BCUT2D eigenvalue weighted by atomic mass is 79.9. The lowest BCUT2D eigenvalue weighted by Gasteiger charge is -2.12. The van der Waals surface area contributed by atoms with Gasteiger partial charge in [-0.1, -0.05) is 26.2 Å². The number of H-pyrrole nitrogens is 1. The first kappa shape index (κ1) is 18.0. The van der Waals surface area contributed by atoms with Crippen molar-refractivity contribution in [3.63, 3.8) is 0 Å². The molecule has 4 aromatic rings. The Hall–Kier alpha value is -3.40. The summed E-state index contributed by atoms with van der Waals surface area (Å²) in [7, 11) is 3.81. The van der Waals surface area contributed by atoms with Crippen LogP contribution in [-0.4, -0.2) is 35.3 Å². The minimum absolute atomic E-state index is 0.154. The number of fused-ring (bicyclic) bond motifs is 1. The lowest BCUT2D eigenvalue weighted by Crippen LogP contribution is -2.14. The van der Waals surface area contributed by atoms with Crippen molar-refractivity contribution in [2.45, 2.75) is 0 Å². The monoisotopic (exact) mass is 443 g/mol. The van der Waals surface area contributed by atoms with Crippen molar-refractivity contribution in [1.29, 1.82) is 0 Å². The van der Waals surface area contributed by atoms with E-state index in [0.29, 0.717) is 22.2 Å². The summed E-state index contributed by atoms with van der Waals surface area (Å²) in [5.74, 6) is -0.948. The zero-order chi connectivity index (χ0) is 19.8. The smallest absolute Gasteiger partial charge is 0.378 e. The van der Waals surface area contributed by atoms with Crippen LogP contribution in [0, 0.1) is 0 Å². The minimum Gasteiger partial charge on any atom is -0.378 e. The number of halogens is 1. The third-order valence-corrected chi connectivity index (χ3v) is 4.60. The van der Waals surface area contributed by atoms with Gasteiger partial charge in [0.1, 0.15) is 0 Å². The molecule has 2 heterocycles. The Kier molecular flexibility index (Phi) is 4.47. The summed E-state index contributed by atoms with van der Waals surface area (Å²) in [4.78, 5) is 28.6. The van der Waals surface area contributed by atoms with E-state index in [-0.39, 0.29) is 11.5 Å². The number of benzene rings is 2. The van der Waals surface area contributed by atoms with E-state index in [1.807, 2.05) is 31.1 Å². The molecule has 0 spiro atoms. The highest BCUT2D eigenvalue weighted by Crippen LogP contribution is 2.30. The van der Waals surface area contributed by atoms with Crippen LogP contribution in [-0.2, 0) is 0 Å². The second-order valence-electron chi connectivity index (χ2n) is 6.19. The second-order valence-corrected chi connectivity index (χ2v) is 7.11. The van der Waals surface area contributed by atoms with Crippen molar-refractivity contribution in [3.05, 3.63) is 57.1 Å². The van der Waals surface area contributed by atoms with Gasteiger partial charge in [0.05, 0.1) is 11.1 Å². The summed E-state index contributed by atoms with van der Waals surface area (Å²) >= 11 is 3.36. The normalized spacial score (nSPS) is 11.0. The van der Waals surface area contributed by atoms with E-state index in [9.17, 15) is 9.59 Å². The maximum Gasteiger partial charge on any atom is 0.439 e. The third-order valence-electron chi connectivity index (χ3n) is 4.11. The van der Waals surface area contributed by atoms with Crippen LogP contribution >= 0.6 is 15.9 Å². The molecule has 0 unspecified atom stereocenters. The van der Waals surface area contributed by atoms with Crippen molar-refractivity contribution in [3.8, 4) is 11.4 Å². The number of anilines is 2. The molecule has 4 rings (SSSR count). The first-order chi connectivity index (χ1) is 13.4. The Morgan fingerprint density at radius 2 is 1.96 bits per heavy atom. The van der Waals surface area contributed by atoms with Crippen molar-refractivity contribution in [1.82, 2.24) is 15.3 Å². The summed E-state index contributed by atoms with van der Waals surface area (Å²) in [5, 5.41) is 11.0. The van der Waals surface area contributed by atoms with Crippen LogP contribution in [0.4, 0.5) is 11.4 Å². The van der Waals surface area contributed by atoms with Gasteiger partial charge in [-0.25, -0.2) is 4.79 Å². The molecule has 2 aromatic heterocycles. The fraction of sp³-hybridized carbons (Fsp3) is 0.111. The summed E-state index contributed by atoms with van der Waals surface area (Å²) in [5.41, 5.74) is 2.48. The molecule has 10 heteroatoms. The van der Waals surface area contributed by atoms with Crippen LogP contribution < -0.4 is 16.0 Å². The van der Waals surface area contributed by atoms with Crippen molar-refractivity contribution in [2.24, 2.45) is 0 Å². The molecule has 2 aromatic carbocycles. The van der Waals surface area contributed by atoms with Gasteiger partial charge in [-0.3, -0.25) is 14.3 Å². The molecular formula is C18H14BrN5O4. The fourth-order valence-electron chi connectivity index (χ4n) is 2.72. The molecular weight excluding hydrogens is 430 g/mol. The van der Waals surface area contributed by atoms with E-state index >= 15 is 0 Å². The average molecular weight is 444 g/mol. The molecule has 1 amide bonds. The van der Waals surface area contributed by atoms with Crippen molar-refractivity contribution in [2.75, 3.05) is 24.3 Å². The summed E-state index contributed by atoms with van der Waals surface area (Å²) in [6.45, 7) is 0. The number of carbonyl (C=O) groups is 1. The van der Waals surface area contributed by atoms with E-state index < -0.39 is 11.7 Å². The Morgan fingerprint density at radius 1 is 1.14 bits per heavy atom. The zero-order valence-corrected chi connectivity index (χ0v) is 16.4. The largest absolute Gasteiger partial charge is 0.439 e. The maximum absolute atomic E-state index is 12.9. The average Bonchev–Trinajstić information content (AvgIpc) is 3.28. The van der Waals surface area contributed by atoms with E-state index in [0.717, 1.165) is 10.2 Å². The van der Waals surface area contributed by atoms with Gasteiger partial charge in [0.15, 0.2) is 17.1 Å². The first-order valence-electron chi connectivity index (χ1n) is 8.16. The van der Waals surface area contributed by atoms with Gasteiger partial charge in [0.2, 0.25) is 0 Å². The number of nitrogens with one attached hydrogen (secondary N) is 2. The number of nitrogens with zero attached hydrogens (tertiary/aromatic N) is 3. The van der Waals surface area contributed by atoms with Crippen LogP contribution in [0.15, 0.2) is 54.7 Å². The number of aromatic nitrogens is 3. The SMILES string of the molecule is CN(C)c1ccc2onc(C(=O)Nc3ccc(Br)cc3-c3noc(=O)[nH]3)c2c1. The van der Waals surface area contributed by atoms with Crippen LogP contribution in [0.2, 0.25) is 0 Å². The molecule has 0 aliphatic rings. The molecule has 0 radical (unpaired) electrons. The lowest BCUT2D eigenvalue weighted by atomic mass is 10.1. The number of aromatic amines is 1. The molecule has 0 aliphatic heterocycles. The van der Waals surface area contributed by atoms with Crippen molar-refractivity contribution >= 4 is 44.2 Å². The molecule has 0 bridgehead atoms. The Morgan fingerprint density at radius 3 is 2.68 bits per heavy atom.